The van der Waals surface area contributed by atoms with Crippen LogP contribution in [0.2, 0.25) is 0 Å². The highest BCUT2D eigenvalue weighted by Gasteiger charge is 2.18. The summed E-state index contributed by atoms with van der Waals surface area (Å²) < 4.78 is 5.49. The van der Waals surface area contributed by atoms with Gasteiger partial charge in [0.15, 0.2) is 0 Å². The number of pyridine rings is 1. The molecule has 0 bridgehead atoms. The maximum atomic E-state index is 5.49. The Morgan fingerprint density at radius 1 is 1.07 bits per heavy atom. The number of para-hydroxylation sites is 1. The Balaban J connectivity index is 1.42. The van der Waals surface area contributed by atoms with Crippen LogP contribution in [-0.4, -0.2) is 48.2 Å². The number of nitrogens with zero attached hydrogens (tertiary/aromatic N) is 4. The Morgan fingerprint density at radius 2 is 1.96 bits per heavy atom. The maximum Gasteiger partial charge on any atom is 0.129 e. The fourth-order valence-corrected chi connectivity index (χ4v) is 4.72. The van der Waals surface area contributed by atoms with Crippen molar-refractivity contribution in [1.29, 1.82) is 0 Å². The molecule has 0 N–H and O–H groups in total. The quantitative estimate of drug-likeness (QED) is 0.648. The summed E-state index contributed by atoms with van der Waals surface area (Å²) >= 11 is 1.76. The molecule has 146 valence electrons. The first-order valence-electron chi connectivity index (χ1n) is 9.70. The van der Waals surface area contributed by atoms with Crippen LogP contribution in [0.25, 0.3) is 10.6 Å². The van der Waals surface area contributed by atoms with Gasteiger partial charge in [0.25, 0.3) is 0 Å². The number of ether oxygens (including phenoxy) is 1. The number of aromatic nitrogens is 2. The second-order valence-corrected chi connectivity index (χ2v) is 8.23. The predicted octanol–water partition coefficient (Wildman–Crippen LogP) is 4.23. The van der Waals surface area contributed by atoms with Crippen LogP contribution in [0.4, 0.5) is 5.69 Å². The number of anilines is 1. The first-order chi connectivity index (χ1) is 13.7. The van der Waals surface area contributed by atoms with Gasteiger partial charge in [-0.1, -0.05) is 12.1 Å². The van der Waals surface area contributed by atoms with Gasteiger partial charge in [0.1, 0.15) is 10.8 Å². The summed E-state index contributed by atoms with van der Waals surface area (Å²) in [5.74, 6) is 0.876. The van der Waals surface area contributed by atoms with Crippen molar-refractivity contribution in [1.82, 2.24) is 14.9 Å². The number of hydrogen-bond acceptors (Lipinski definition) is 6. The molecular weight excluding hydrogens is 368 g/mol. The lowest BCUT2D eigenvalue weighted by Crippen LogP contribution is -2.30. The van der Waals surface area contributed by atoms with Crippen molar-refractivity contribution < 1.29 is 4.74 Å². The van der Waals surface area contributed by atoms with Gasteiger partial charge in [-0.25, -0.2) is 4.98 Å². The highest BCUT2D eigenvalue weighted by atomic mass is 32.1. The summed E-state index contributed by atoms with van der Waals surface area (Å²) in [4.78, 5) is 15.2. The second-order valence-electron chi connectivity index (χ2n) is 7.11. The Labute approximate surface area is 170 Å². The van der Waals surface area contributed by atoms with Crippen molar-refractivity contribution in [3.8, 4) is 16.3 Å². The molecular formula is C22H26N4OS. The zero-order valence-corrected chi connectivity index (χ0v) is 17.3. The summed E-state index contributed by atoms with van der Waals surface area (Å²) in [6.45, 7) is 7.41. The highest BCUT2D eigenvalue weighted by Crippen LogP contribution is 2.33. The first kappa shape index (κ1) is 18.9. The molecule has 4 rings (SSSR count). The van der Waals surface area contributed by atoms with Crippen LogP contribution < -0.4 is 9.64 Å². The minimum absolute atomic E-state index is 0.876. The smallest absolute Gasteiger partial charge is 0.129 e. The molecule has 6 heteroatoms. The average Bonchev–Trinajstić information content (AvgIpc) is 3.06. The lowest BCUT2D eigenvalue weighted by Gasteiger charge is -2.24. The molecule has 1 aliphatic rings. The molecule has 1 aromatic carbocycles. The van der Waals surface area contributed by atoms with Gasteiger partial charge in [0.05, 0.1) is 12.7 Å². The van der Waals surface area contributed by atoms with E-state index in [0.717, 1.165) is 49.0 Å². The van der Waals surface area contributed by atoms with E-state index in [1.165, 1.54) is 22.5 Å². The number of thiazole rings is 1. The largest absolute Gasteiger partial charge is 0.496 e. The molecule has 2 aromatic heterocycles. The van der Waals surface area contributed by atoms with Crippen molar-refractivity contribution in [2.24, 2.45) is 0 Å². The van der Waals surface area contributed by atoms with Crippen LogP contribution in [0.5, 0.6) is 5.75 Å². The van der Waals surface area contributed by atoms with Gasteiger partial charge < -0.3 is 9.64 Å². The topological polar surface area (TPSA) is 41.5 Å². The highest BCUT2D eigenvalue weighted by molar-refractivity contribution is 7.15. The summed E-state index contributed by atoms with van der Waals surface area (Å²) in [5.41, 5.74) is 3.63. The Kier molecular flexibility index (Phi) is 5.88. The molecule has 1 saturated heterocycles. The van der Waals surface area contributed by atoms with Gasteiger partial charge in [0, 0.05) is 61.9 Å². The molecule has 0 spiro atoms. The molecule has 0 amide bonds. The van der Waals surface area contributed by atoms with Crippen molar-refractivity contribution in [3.63, 3.8) is 0 Å². The third-order valence-electron chi connectivity index (χ3n) is 5.19. The van der Waals surface area contributed by atoms with Crippen molar-refractivity contribution in [3.05, 3.63) is 59.4 Å². The summed E-state index contributed by atoms with van der Waals surface area (Å²) in [7, 11) is 1.71. The van der Waals surface area contributed by atoms with Crippen molar-refractivity contribution in [2.75, 3.05) is 38.2 Å². The summed E-state index contributed by atoms with van der Waals surface area (Å²) in [6, 6.07) is 10.2. The number of methoxy groups -OCH3 is 1. The number of benzene rings is 1. The SMILES string of the molecule is COc1ccccc1-c1ncc(CN2CCCN(c3ccncc3C)CC2)s1. The van der Waals surface area contributed by atoms with E-state index < -0.39 is 0 Å². The van der Waals surface area contributed by atoms with Gasteiger partial charge in [0.2, 0.25) is 0 Å². The van der Waals surface area contributed by atoms with Crippen LogP contribution in [0.15, 0.2) is 48.9 Å². The second kappa shape index (κ2) is 8.71. The van der Waals surface area contributed by atoms with Crippen LogP contribution in [-0.2, 0) is 6.54 Å². The molecule has 0 unspecified atom stereocenters. The van der Waals surface area contributed by atoms with Gasteiger partial charge in [-0.3, -0.25) is 9.88 Å². The molecule has 0 saturated carbocycles. The fraction of sp³-hybridized carbons (Fsp3) is 0.364. The molecule has 0 aliphatic carbocycles. The van der Waals surface area contributed by atoms with E-state index in [9.17, 15) is 0 Å². The molecule has 28 heavy (non-hydrogen) atoms. The lowest BCUT2D eigenvalue weighted by molar-refractivity contribution is 0.288. The molecule has 5 nitrogen and oxygen atoms in total. The molecule has 3 heterocycles. The zero-order chi connectivity index (χ0) is 19.3. The van der Waals surface area contributed by atoms with E-state index in [-0.39, 0.29) is 0 Å². The van der Waals surface area contributed by atoms with E-state index in [1.54, 1.807) is 18.4 Å². The normalized spacial score (nSPS) is 15.4. The zero-order valence-electron chi connectivity index (χ0n) is 16.5. The molecule has 1 fully saturated rings. The molecule has 3 aromatic rings. The predicted molar refractivity (Wildman–Crippen MR) is 115 cm³/mol. The van der Waals surface area contributed by atoms with Gasteiger partial charge in [-0.2, -0.15) is 0 Å². The van der Waals surface area contributed by atoms with Crippen LogP contribution in [0, 0.1) is 6.92 Å². The lowest BCUT2D eigenvalue weighted by atomic mass is 10.2. The minimum atomic E-state index is 0.876. The summed E-state index contributed by atoms with van der Waals surface area (Å²) in [6.07, 6.45) is 7.03. The number of aryl methyl sites for hydroxylation is 1. The summed E-state index contributed by atoms with van der Waals surface area (Å²) in [5, 5.41) is 1.02. The standard InChI is InChI=1S/C22H26N4OS/c1-17-14-23-9-8-20(17)26-11-5-10-25(12-13-26)16-18-15-24-22(28-18)19-6-3-4-7-21(19)27-2/h3-4,6-9,14-15H,5,10-13,16H2,1-2H3. The van der Waals surface area contributed by atoms with Crippen LogP contribution in [0.3, 0.4) is 0 Å². The van der Waals surface area contributed by atoms with Crippen LogP contribution in [0.1, 0.15) is 16.9 Å². The van der Waals surface area contributed by atoms with Crippen molar-refractivity contribution in [2.45, 2.75) is 19.9 Å². The third kappa shape index (κ3) is 4.18. The Bertz CT molecular complexity index is 926. The van der Waals surface area contributed by atoms with E-state index in [4.69, 9.17) is 4.74 Å². The maximum absolute atomic E-state index is 5.49. The minimum Gasteiger partial charge on any atom is -0.496 e. The van der Waals surface area contributed by atoms with Crippen LogP contribution >= 0.6 is 11.3 Å². The van der Waals surface area contributed by atoms with E-state index in [0.29, 0.717) is 0 Å². The Morgan fingerprint density at radius 3 is 2.82 bits per heavy atom. The van der Waals surface area contributed by atoms with Crippen molar-refractivity contribution >= 4 is 17.0 Å². The van der Waals surface area contributed by atoms with Gasteiger partial charge in [-0.05, 0) is 37.1 Å². The van der Waals surface area contributed by atoms with E-state index in [1.807, 2.05) is 36.8 Å². The van der Waals surface area contributed by atoms with Gasteiger partial charge >= 0.3 is 0 Å². The van der Waals surface area contributed by atoms with E-state index >= 15 is 0 Å². The van der Waals surface area contributed by atoms with E-state index in [2.05, 4.69) is 38.8 Å². The Hall–Kier alpha value is -2.44. The number of hydrogen-bond donors (Lipinski definition) is 0. The molecule has 0 radical (unpaired) electrons. The molecule has 0 atom stereocenters. The average molecular weight is 395 g/mol. The molecule has 1 aliphatic heterocycles. The fourth-order valence-electron chi connectivity index (χ4n) is 3.74. The third-order valence-corrected chi connectivity index (χ3v) is 6.21. The monoisotopic (exact) mass is 394 g/mol. The first-order valence-corrected chi connectivity index (χ1v) is 10.5. The number of rotatable bonds is 5. The van der Waals surface area contributed by atoms with Gasteiger partial charge in [-0.15, -0.1) is 11.3 Å².